The maximum Gasteiger partial charge on any atom is 0.302 e. The number of benzene rings is 2. The molecule has 0 aliphatic heterocycles. The first kappa shape index (κ1) is 16.9. The van der Waals surface area contributed by atoms with Gasteiger partial charge in [0.05, 0.1) is 5.69 Å². The summed E-state index contributed by atoms with van der Waals surface area (Å²) in [6, 6.07) is 14.9. The summed E-state index contributed by atoms with van der Waals surface area (Å²) in [5, 5.41) is 9.74. The Bertz CT molecular complexity index is 1280. The maximum atomic E-state index is 5.80. The van der Waals surface area contributed by atoms with Gasteiger partial charge in [-0.1, -0.05) is 49.7 Å². The lowest BCUT2D eigenvalue weighted by molar-refractivity contribution is 0.621. The third-order valence-corrected chi connectivity index (χ3v) is 5.54. The van der Waals surface area contributed by atoms with Crippen molar-refractivity contribution >= 4 is 39.4 Å². The number of thiazole rings is 1. The molecule has 0 atom stereocenters. The van der Waals surface area contributed by atoms with Gasteiger partial charge in [0.2, 0.25) is 4.96 Å². The van der Waals surface area contributed by atoms with Crippen LogP contribution in [0.2, 0.25) is 0 Å². The Morgan fingerprint density at radius 1 is 1.07 bits per heavy atom. The van der Waals surface area contributed by atoms with Crippen molar-refractivity contribution in [1.29, 1.82) is 0 Å². The second-order valence-electron chi connectivity index (χ2n) is 7.14. The van der Waals surface area contributed by atoms with Crippen LogP contribution in [0.1, 0.15) is 30.9 Å². The van der Waals surface area contributed by atoms with Gasteiger partial charge in [0.25, 0.3) is 5.95 Å². The number of aromatic nitrogens is 4. The van der Waals surface area contributed by atoms with Crippen LogP contribution in [0.4, 0.5) is 12.0 Å². The van der Waals surface area contributed by atoms with Gasteiger partial charge in [-0.15, -0.1) is 16.4 Å². The SMILES string of the molecule is Cc1ccc(-c2csc3nc(Nc4nc5cc(C(C)C)ccc5o4)nn23)cc1. The third-order valence-electron chi connectivity index (χ3n) is 4.73. The molecular formula is C21H19N5OS. The van der Waals surface area contributed by atoms with Crippen molar-refractivity contribution in [2.24, 2.45) is 0 Å². The second-order valence-corrected chi connectivity index (χ2v) is 7.98. The van der Waals surface area contributed by atoms with E-state index in [-0.39, 0.29) is 0 Å². The molecule has 1 N–H and O–H groups in total. The second kappa shape index (κ2) is 6.45. The van der Waals surface area contributed by atoms with E-state index in [1.165, 1.54) is 11.1 Å². The summed E-state index contributed by atoms with van der Waals surface area (Å²) < 4.78 is 7.64. The van der Waals surface area contributed by atoms with Crippen molar-refractivity contribution in [3.05, 3.63) is 59.0 Å². The lowest BCUT2D eigenvalue weighted by atomic mass is 10.0. The topological polar surface area (TPSA) is 68.2 Å². The fourth-order valence-corrected chi connectivity index (χ4v) is 3.94. The molecule has 0 saturated carbocycles. The number of oxazole rings is 1. The van der Waals surface area contributed by atoms with Gasteiger partial charge in [0, 0.05) is 10.9 Å². The largest absolute Gasteiger partial charge is 0.423 e. The molecule has 140 valence electrons. The molecule has 5 aromatic rings. The summed E-state index contributed by atoms with van der Waals surface area (Å²) in [6.45, 7) is 6.40. The highest BCUT2D eigenvalue weighted by atomic mass is 32.1. The molecule has 0 radical (unpaired) electrons. The van der Waals surface area contributed by atoms with E-state index >= 15 is 0 Å². The van der Waals surface area contributed by atoms with Gasteiger partial charge in [0.15, 0.2) is 5.58 Å². The number of nitrogens with one attached hydrogen (secondary N) is 1. The van der Waals surface area contributed by atoms with Gasteiger partial charge in [-0.3, -0.25) is 5.32 Å². The molecule has 0 aliphatic rings. The van der Waals surface area contributed by atoms with Crippen molar-refractivity contribution in [3.8, 4) is 11.3 Å². The van der Waals surface area contributed by atoms with Crippen molar-refractivity contribution in [2.75, 3.05) is 5.32 Å². The number of fused-ring (bicyclic) bond motifs is 2. The standard InChI is InChI=1S/C21H19N5OS/c1-12(2)15-8-9-18-16(10-15)22-20(27-18)23-19-24-21-26(25-19)17(11-28-21)14-6-4-13(3)5-7-14/h4-12H,1-3H3,(H,22,23,25). The first-order valence-corrected chi connectivity index (χ1v) is 10.0. The molecule has 0 aliphatic carbocycles. The van der Waals surface area contributed by atoms with Gasteiger partial charge in [-0.05, 0) is 30.5 Å². The minimum absolute atomic E-state index is 0.394. The van der Waals surface area contributed by atoms with Crippen molar-refractivity contribution < 1.29 is 4.42 Å². The van der Waals surface area contributed by atoms with E-state index in [9.17, 15) is 0 Å². The highest BCUT2D eigenvalue weighted by Crippen LogP contribution is 2.28. The first-order valence-electron chi connectivity index (χ1n) is 9.15. The summed E-state index contributed by atoms with van der Waals surface area (Å²) in [5.74, 6) is 0.912. The Balaban J connectivity index is 1.47. The molecule has 0 fully saturated rings. The van der Waals surface area contributed by atoms with E-state index in [0.717, 1.165) is 27.3 Å². The number of hydrogen-bond acceptors (Lipinski definition) is 6. The lowest BCUT2D eigenvalue weighted by Crippen LogP contribution is -1.94. The molecule has 3 heterocycles. The maximum absolute atomic E-state index is 5.80. The quantitative estimate of drug-likeness (QED) is 0.422. The summed E-state index contributed by atoms with van der Waals surface area (Å²) >= 11 is 1.55. The zero-order valence-electron chi connectivity index (χ0n) is 15.8. The molecular weight excluding hydrogens is 370 g/mol. The van der Waals surface area contributed by atoms with Gasteiger partial charge >= 0.3 is 6.01 Å². The van der Waals surface area contributed by atoms with Crippen LogP contribution in [0.25, 0.3) is 27.3 Å². The molecule has 28 heavy (non-hydrogen) atoms. The van der Waals surface area contributed by atoms with E-state index < -0.39 is 0 Å². The van der Waals surface area contributed by atoms with Gasteiger partial charge in [0.1, 0.15) is 5.52 Å². The molecule has 0 amide bonds. The zero-order valence-corrected chi connectivity index (χ0v) is 16.6. The number of rotatable bonds is 4. The fraction of sp³-hybridized carbons (Fsp3) is 0.190. The lowest BCUT2D eigenvalue weighted by Gasteiger charge is -2.02. The van der Waals surface area contributed by atoms with Crippen LogP contribution in [0.5, 0.6) is 0 Å². The minimum atomic E-state index is 0.394. The highest BCUT2D eigenvalue weighted by molar-refractivity contribution is 7.15. The Kier molecular flexibility index (Phi) is 3.91. The third kappa shape index (κ3) is 2.93. The summed E-state index contributed by atoms with van der Waals surface area (Å²) in [6.07, 6.45) is 0. The van der Waals surface area contributed by atoms with Crippen LogP contribution < -0.4 is 5.32 Å². The predicted molar refractivity (Wildman–Crippen MR) is 112 cm³/mol. The van der Waals surface area contributed by atoms with Gasteiger partial charge in [-0.25, -0.2) is 4.52 Å². The van der Waals surface area contributed by atoms with Crippen molar-refractivity contribution in [2.45, 2.75) is 26.7 Å². The molecule has 3 aromatic heterocycles. The van der Waals surface area contributed by atoms with Crippen molar-refractivity contribution in [3.63, 3.8) is 0 Å². The monoisotopic (exact) mass is 389 g/mol. The van der Waals surface area contributed by atoms with Gasteiger partial charge in [-0.2, -0.15) is 9.97 Å². The van der Waals surface area contributed by atoms with Crippen LogP contribution in [-0.4, -0.2) is 19.6 Å². The van der Waals surface area contributed by atoms with Crippen LogP contribution in [0.3, 0.4) is 0 Å². The van der Waals surface area contributed by atoms with Crippen LogP contribution >= 0.6 is 11.3 Å². The average molecular weight is 389 g/mol. The number of hydrogen-bond donors (Lipinski definition) is 1. The number of aryl methyl sites for hydroxylation is 1. The van der Waals surface area contributed by atoms with Crippen molar-refractivity contribution in [1.82, 2.24) is 19.6 Å². The van der Waals surface area contributed by atoms with E-state index in [1.54, 1.807) is 11.3 Å². The Morgan fingerprint density at radius 2 is 1.89 bits per heavy atom. The number of anilines is 2. The van der Waals surface area contributed by atoms with Crippen LogP contribution in [0, 0.1) is 6.92 Å². The normalized spacial score (nSPS) is 11.7. The minimum Gasteiger partial charge on any atom is -0.423 e. The Hall–Kier alpha value is -3.19. The van der Waals surface area contributed by atoms with E-state index in [0.29, 0.717) is 17.9 Å². The van der Waals surface area contributed by atoms with Gasteiger partial charge < -0.3 is 4.42 Å². The number of nitrogens with zero attached hydrogens (tertiary/aromatic N) is 4. The molecule has 6 nitrogen and oxygen atoms in total. The molecule has 7 heteroatoms. The fourth-order valence-electron chi connectivity index (χ4n) is 3.11. The van der Waals surface area contributed by atoms with E-state index in [2.05, 4.69) is 82.9 Å². The Morgan fingerprint density at radius 3 is 2.68 bits per heavy atom. The molecule has 0 spiro atoms. The molecule has 0 bridgehead atoms. The van der Waals surface area contributed by atoms with E-state index in [4.69, 9.17) is 4.42 Å². The molecule has 2 aromatic carbocycles. The molecule has 5 rings (SSSR count). The molecule has 0 saturated heterocycles. The highest BCUT2D eigenvalue weighted by Gasteiger charge is 2.14. The Labute approximate surface area is 165 Å². The van der Waals surface area contributed by atoms with Crippen LogP contribution in [0.15, 0.2) is 52.3 Å². The van der Waals surface area contributed by atoms with E-state index in [1.807, 2.05) is 10.6 Å². The summed E-state index contributed by atoms with van der Waals surface area (Å²) in [5.41, 5.74) is 6.16. The summed E-state index contributed by atoms with van der Waals surface area (Å²) in [7, 11) is 0. The smallest absolute Gasteiger partial charge is 0.302 e. The zero-order chi connectivity index (χ0) is 19.3. The average Bonchev–Trinajstić information content (AvgIpc) is 3.35. The van der Waals surface area contributed by atoms with Crippen LogP contribution in [-0.2, 0) is 0 Å². The molecule has 0 unspecified atom stereocenters. The summed E-state index contributed by atoms with van der Waals surface area (Å²) in [4.78, 5) is 9.90. The predicted octanol–water partition coefficient (Wildman–Crippen LogP) is 5.77. The first-order chi connectivity index (χ1) is 13.6.